The average molecular weight is 226 g/mol. The summed E-state index contributed by atoms with van der Waals surface area (Å²) in [5.74, 6) is 0. The lowest BCUT2D eigenvalue weighted by molar-refractivity contribution is 0.112. The van der Waals surface area contributed by atoms with Crippen LogP contribution in [-0.2, 0) is 0 Å². The number of hydrogen-bond acceptors (Lipinski definition) is 3. The first-order valence-electron chi connectivity index (χ1n) is 5.39. The predicted molar refractivity (Wildman–Crippen MR) is 69.4 cm³/mol. The van der Waals surface area contributed by atoms with Crippen LogP contribution in [0.2, 0.25) is 0 Å². The molecule has 0 radical (unpaired) electrons. The molecule has 1 aromatic carbocycles. The molecule has 1 heterocycles. The molecule has 0 atom stereocenters. The zero-order chi connectivity index (χ0) is 12.3. The summed E-state index contributed by atoms with van der Waals surface area (Å²) in [6.07, 6.45) is 2.38. The van der Waals surface area contributed by atoms with Gasteiger partial charge in [0.15, 0.2) is 6.29 Å². The van der Waals surface area contributed by atoms with Crippen LogP contribution in [0, 0.1) is 0 Å². The van der Waals surface area contributed by atoms with E-state index < -0.39 is 0 Å². The first-order valence-corrected chi connectivity index (χ1v) is 5.39. The molecular formula is C14H14N2O. The third-order valence-corrected chi connectivity index (χ3v) is 2.60. The van der Waals surface area contributed by atoms with Crippen molar-refractivity contribution in [1.29, 1.82) is 0 Å². The van der Waals surface area contributed by atoms with E-state index >= 15 is 0 Å². The quantitative estimate of drug-likeness (QED) is 0.754. The van der Waals surface area contributed by atoms with Crippen LogP contribution in [0.25, 0.3) is 11.3 Å². The maximum absolute atomic E-state index is 10.5. The van der Waals surface area contributed by atoms with Crippen LogP contribution in [-0.4, -0.2) is 25.4 Å². The standard InChI is InChI=1S/C14H14N2O/c1-16(2)13-6-4-12(5-7-13)14-8-3-11(10-17)9-15-14/h3-10H,1-2H3. The number of benzene rings is 1. The van der Waals surface area contributed by atoms with E-state index in [1.165, 1.54) is 0 Å². The number of pyridine rings is 1. The Morgan fingerprint density at radius 3 is 2.24 bits per heavy atom. The van der Waals surface area contributed by atoms with Crippen LogP contribution in [0.3, 0.4) is 0 Å². The van der Waals surface area contributed by atoms with Gasteiger partial charge in [0.1, 0.15) is 0 Å². The largest absolute Gasteiger partial charge is 0.378 e. The van der Waals surface area contributed by atoms with Gasteiger partial charge < -0.3 is 4.90 Å². The van der Waals surface area contributed by atoms with Crippen LogP contribution in [0.15, 0.2) is 42.6 Å². The topological polar surface area (TPSA) is 33.2 Å². The minimum absolute atomic E-state index is 0.596. The molecular weight excluding hydrogens is 212 g/mol. The van der Waals surface area contributed by atoms with E-state index in [2.05, 4.69) is 4.98 Å². The minimum Gasteiger partial charge on any atom is -0.378 e. The zero-order valence-corrected chi connectivity index (χ0v) is 9.92. The van der Waals surface area contributed by atoms with Crippen molar-refractivity contribution in [2.24, 2.45) is 0 Å². The minimum atomic E-state index is 0.596. The SMILES string of the molecule is CN(C)c1ccc(-c2ccc(C=O)cn2)cc1. The third kappa shape index (κ3) is 2.50. The molecule has 0 saturated carbocycles. The smallest absolute Gasteiger partial charge is 0.151 e. The summed E-state index contributed by atoms with van der Waals surface area (Å²) in [7, 11) is 4.01. The number of carbonyl (C=O) groups is 1. The van der Waals surface area contributed by atoms with E-state index in [0.717, 1.165) is 23.2 Å². The second-order valence-electron chi connectivity index (χ2n) is 4.04. The maximum atomic E-state index is 10.5. The van der Waals surface area contributed by atoms with Crippen LogP contribution in [0.5, 0.6) is 0 Å². The van der Waals surface area contributed by atoms with Gasteiger partial charge in [-0.05, 0) is 24.3 Å². The van der Waals surface area contributed by atoms with Gasteiger partial charge in [-0.15, -0.1) is 0 Å². The Morgan fingerprint density at radius 1 is 1.06 bits per heavy atom. The van der Waals surface area contributed by atoms with Gasteiger partial charge in [0.05, 0.1) is 5.69 Å². The molecule has 86 valence electrons. The van der Waals surface area contributed by atoms with Crippen molar-refractivity contribution in [3.63, 3.8) is 0 Å². The molecule has 0 N–H and O–H groups in total. The zero-order valence-electron chi connectivity index (χ0n) is 9.92. The second-order valence-corrected chi connectivity index (χ2v) is 4.04. The van der Waals surface area contributed by atoms with Gasteiger partial charge in [0.25, 0.3) is 0 Å². The highest BCUT2D eigenvalue weighted by Crippen LogP contribution is 2.20. The lowest BCUT2D eigenvalue weighted by atomic mass is 10.1. The molecule has 2 rings (SSSR count). The third-order valence-electron chi connectivity index (χ3n) is 2.60. The van der Waals surface area contributed by atoms with Crippen LogP contribution >= 0.6 is 0 Å². The molecule has 17 heavy (non-hydrogen) atoms. The van der Waals surface area contributed by atoms with Gasteiger partial charge in [-0.3, -0.25) is 9.78 Å². The van der Waals surface area contributed by atoms with Crippen molar-refractivity contribution >= 4 is 12.0 Å². The summed E-state index contributed by atoms with van der Waals surface area (Å²) in [4.78, 5) is 16.8. The first-order chi connectivity index (χ1) is 8.20. The molecule has 0 spiro atoms. The van der Waals surface area contributed by atoms with Crippen molar-refractivity contribution in [3.8, 4) is 11.3 Å². The van der Waals surface area contributed by atoms with Crippen LogP contribution < -0.4 is 4.90 Å². The number of rotatable bonds is 3. The average Bonchev–Trinajstić information content (AvgIpc) is 2.39. The highest BCUT2D eigenvalue weighted by molar-refractivity contribution is 5.75. The lowest BCUT2D eigenvalue weighted by Gasteiger charge is -2.12. The van der Waals surface area contributed by atoms with Gasteiger partial charge in [-0.25, -0.2) is 0 Å². The lowest BCUT2D eigenvalue weighted by Crippen LogP contribution is -2.07. The Hall–Kier alpha value is -2.16. The summed E-state index contributed by atoms with van der Waals surface area (Å²) in [5.41, 5.74) is 3.67. The van der Waals surface area contributed by atoms with Gasteiger partial charge in [-0.1, -0.05) is 12.1 Å². The summed E-state index contributed by atoms with van der Waals surface area (Å²) >= 11 is 0. The number of nitrogens with zero attached hydrogens (tertiary/aromatic N) is 2. The maximum Gasteiger partial charge on any atom is 0.151 e. The van der Waals surface area contributed by atoms with E-state index in [4.69, 9.17) is 0 Å². The summed E-state index contributed by atoms with van der Waals surface area (Å²) in [6.45, 7) is 0. The molecule has 0 bridgehead atoms. The monoisotopic (exact) mass is 226 g/mol. The predicted octanol–water partition coefficient (Wildman–Crippen LogP) is 2.63. The number of carbonyl (C=O) groups excluding carboxylic acids is 1. The normalized spacial score (nSPS) is 10.0. The Labute approximate surface area is 101 Å². The molecule has 0 fully saturated rings. The van der Waals surface area contributed by atoms with Crippen molar-refractivity contribution < 1.29 is 4.79 Å². The highest BCUT2D eigenvalue weighted by Gasteiger charge is 2.00. The Bertz CT molecular complexity index is 501. The fraction of sp³-hybridized carbons (Fsp3) is 0.143. The number of anilines is 1. The summed E-state index contributed by atoms with van der Waals surface area (Å²) in [5, 5.41) is 0. The number of aromatic nitrogens is 1. The van der Waals surface area contributed by atoms with E-state index in [1.54, 1.807) is 12.3 Å². The second kappa shape index (κ2) is 4.78. The van der Waals surface area contributed by atoms with Crippen molar-refractivity contribution in [2.45, 2.75) is 0 Å². The fourth-order valence-electron chi connectivity index (χ4n) is 1.58. The van der Waals surface area contributed by atoms with E-state index in [-0.39, 0.29) is 0 Å². The van der Waals surface area contributed by atoms with Crippen molar-refractivity contribution in [1.82, 2.24) is 4.98 Å². The molecule has 2 aromatic rings. The van der Waals surface area contributed by atoms with Gasteiger partial charge in [0, 0.05) is 37.1 Å². The van der Waals surface area contributed by atoms with Gasteiger partial charge in [-0.2, -0.15) is 0 Å². The van der Waals surface area contributed by atoms with Crippen molar-refractivity contribution in [2.75, 3.05) is 19.0 Å². The Morgan fingerprint density at radius 2 is 1.76 bits per heavy atom. The summed E-state index contributed by atoms with van der Waals surface area (Å²) in [6, 6.07) is 11.8. The van der Waals surface area contributed by atoms with Gasteiger partial charge in [0.2, 0.25) is 0 Å². The van der Waals surface area contributed by atoms with Crippen LogP contribution in [0.4, 0.5) is 5.69 Å². The molecule has 0 aliphatic rings. The first kappa shape index (κ1) is 11.3. The molecule has 0 aliphatic carbocycles. The van der Waals surface area contributed by atoms with Crippen molar-refractivity contribution in [3.05, 3.63) is 48.2 Å². The molecule has 0 saturated heterocycles. The highest BCUT2D eigenvalue weighted by atomic mass is 16.1. The molecule has 0 unspecified atom stereocenters. The number of hydrogen-bond donors (Lipinski definition) is 0. The molecule has 3 heteroatoms. The molecule has 1 aromatic heterocycles. The van der Waals surface area contributed by atoms with E-state index in [1.807, 2.05) is 49.3 Å². The number of aldehydes is 1. The molecule has 0 amide bonds. The summed E-state index contributed by atoms with van der Waals surface area (Å²) < 4.78 is 0. The Balaban J connectivity index is 2.29. The van der Waals surface area contributed by atoms with E-state index in [0.29, 0.717) is 5.56 Å². The fourth-order valence-corrected chi connectivity index (χ4v) is 1.58. The van der Waals surface area contributed by atoms with Gasteiger partial charge >= 0.3 is 0 Å². The Kier molecular flexibility index (Phi) is 3.19. The molecule has 0 aliphatic heterocycles. The van der Waals surface area contributed by atoms with Crippen LogP contribution in [0.1, 0.15) is 10.4 Å². The van der Waals surface area contributed by atoms with E-state index in [9.17, 15) is 4.79 Å². The molecule has 3 nitrogen and oxygen atoms in total.